The van der Waals surface area contributed by atoms with Crippen LogP contribution in [0.5, 0.6) is 0 Å². The summed E-state index contributed by atoms with van der Waals surface area (Å²) in [5.41, 5.74) is -1.58. The third-order valence-corrected chi connectivity index (χ3v) is 10.5. The summed E-state index contributed by atoms with van der Waals surface area (Å²) >= 11 is 3.37. The topological polar surface area (TPSA) is 99.9 Å². The Bertz CT molecular complexity index is 1280. The summed E-state index contributed by atoms with van der Waals surface area (Å²) in [4.78, 5) is 28.1. The van der Waals surface area contributed by atoms with E-state index in [0.29, 0.717) is 16.0 Å². The molecule has 5 aliphatic rings. The van der Waals surface area contributed by atoms with Crippen molar-refractivity contribution in [2.45, 2.75) is 71.6 Å². The molecule has 37 heavy (non-hydrogen) atoms. The fraction of sp³-hybridized carbons (Fsp3) is 0.679. The number of hydrogen-bond acceptors (Lipinski definition) is 7. The highest BCUT2D eigenvalue weighted by Gasteiger charge is 2.77. The number of esters is 1. The Kier molecular flexibility index (Phi) is 5.26. The van der Waals surface area contributed by atoms with Crippen molar-refractivity contribution in [3.8, 4) is 0 Å². The van der Waals surface area contributed by atoms with Gasteiger partial charge in [-0.3, -0.25) is 9.48 Å². The van der Waals surface area contributed by atoms with E-state index < -0.39 is 35.0 Å². The van der Waals surface area contributed by atoms with Gasteiger partial charge in [0.2, 0.25) is 0 Å². The third kappa shape index (κ3) is 3.20. The zero-order valence-corrected chi connectivity index (χ0v) is 24.0. The van der Waals surface area contributed by atoms with Crippen molar-refractivity contribution in [3.63, 3.8) is 0 Å². The Morgan fingerprint density at radius 3 is 2.65 bits per heavy atom. The van der Waals surface area contributed by atoms with Crippen LogP contribution in [-0.2, 0) is 26.1 Å². The first-order chi connectivity index (χ1) is 17.1. The smallest absolute Gasteiger partial charge is 0.360 e. The van der Waals surface area contributed by atoms with E-state index >= 15 is 0 Å². The van der Waals surface area contributed by atoms with Crippen LogP contribution in [0.4, 0.5) is 0 Å². The van der Waals surface area contributed by atoms with Crippen LogP contribution in [-0.4, -0.2) is 56.8 Å². The number of ether oxygens (including phenoxy) is 3. The summed E-state index contributed by atoms with van der Waals surface area (Å²) in [6.45, 7) is 12.2. The van der Waals surface area contributed by atoms with Crippen molar-refractivity contribution >= 4 is 27.7 Å². The first kappa shape index (κ1) is 25.5. The predicted molar refractivity (Wildman–Crippen MR) is 137 cm³/mol. The van der Waals surface area contributed by atoms with Gasteiger partial charge in [-0.1, -0.05) is 32.9 Å². The molecule has 2 bridgehead atoms. The first-order valence-corrected chi connectivity index (χ1v) is 13.8. The van der Waals surface area contributed by atoms with Crippen LogP contribution in [0.2, 0.25) is 0 Å². The van der Waals surface area contributed by atoms with E-state index in [0.717, 1.165) is 12.0 Å². The number of Topliss-reactive ketones (excluding diaryl/α,β-unsaturated/α-hetero) is 1. The molecule has 8 nitrogen and oxygen atoms in total. The van der Waals surface area contributed by atoms with Crippen molar-refractivity contribution in [3.05, 3.63) is 39.7 Å². The summed E-state index contributed by atoms with van der Waals surface area (Å²) in [5, 5.41) is 17.2. The molecule has 1 saturated heterocycles. The van der Waals surface area contributed by atoms with Gasteiger partial charge in [0.25, 0.3) is 0 Å². The molecule has 2 saturated carbocycles. The van der Waals surface area contributed by atoms with Gasteiger partial charge in [0.05, 0.1) is 16.5 Å². The molecule has 0 aromatic carbocycles. The number of nitrogens with zero attached hydrogens (tertiary/aromatic N) is 2. The summed E-state index contributed by atoms with van der Waals surface area (Å²) in [5.74, 6) is -1.68. The summed E-state index contributed by atoms with van der Waals surface area (Å²) in [6.07, 6.45) is 4.37. The molecule has 1 aliphatic heterocycles. The van der Waals surface area contributed by atoms with Gasteiger partial charge in [-0.25, -0.2) is 4.79 Å². The number of fused-ring (bicyclic) bond motifs is 5. The monoisotopic (exact) mass is 574 g/mol. The predicted octanol–water partition coefficient (Wildman–Crippen LogP) is 3.97. The average molecular weight is 576 g/mol. The fourth-order valence-electron chi connectivity index (χ4n) is 8.06. The number of ketones is 1. The van der Waals surface area contributed by atoms with Crippen molar-refractivity contribution < 1.29 is 28.9 Å². The minimum atomic E-state index is -1.84. The van der Waals surface area contributed by atoms with Gasteiger partial charge in [-0.05, 0) is 77.4 Å². The van der Waals surface area contributed by atoms with Crippen LogP contribution in [0.25, 0.3) is 0 Å². The van der Waals surface area contributed by atoms with Crippen LogP contribution >= 0.6 is 15.9 Å². The highest BCUT2D eigenvalue weighted by molar-refractivity contribution is 9.10. The minimum Gasteiger partial charge on any atom is -0.450 e. The van der Waals surface area contributed by atoms with Crippen LogP contribution < -0.4 is 0 Å². The number of carbonyl (C=O) groups excluding carboxylic acids is 2. The Labute approximate surface area is 225 Å². The quantitative estimate of drug-likeness (QED) is 0.421. The van der Waals surface area contributed by atoms with Gasteiger partial charge in [0.1, 0.15) is 6.10 Å². The highest BCUT2D eigenvalue weighted by atomic mass is 79.9. The van der Waals surface area contributed by atoms with E-state index in [2.05, 4.69) is 41.8 Å². The molecule has 2 unspecified atom stereocenters. The molecule has 9 heteroatoms. The summed E-state index contributed by atoms with van der Waals surface area (Å²) < 4.78 is 20.6. The lowest BCUT2D eigenvalue weighted by molar-refractivity contribution is -0.302. The molecule has 6 rings (SSSR count). The third-order valence-electron chi connectivity index (χ3n) is 9.87. The molecule has 1 aromatic heterocycles. The summed E-state index contributed by atoms with van der Waals surface area (Å²) in [6, 6.07) is 0. The lowest BCUT2D eigenvalue weighted by Gasteiger charge is -2.52. The molecule has 200 valence electrons. The van der Waals surface area contributed by atoms with E-state index in [9.17, 15) is 14.7 Å². The van der Waals surface area contributed by atoms with E-state index in [1.54, 1.807) is 27.1 Å². The Morgan fingerprint density at radius 1 is 1.30 bits per heavy atom. The lowest BCUT2D eigenvalue weighted by Crippen LogP contribution is -2.68. The number of aromatic nitrogens is 2. The number of aliphatic hydroxyl groups is 1. The van der Waals surface area contributed by atoms with E-state index in [4.69, 9.17) is 14.2 Å². The molecule has 4 aliphatic carbocycles. The Balaban J connectivity index is 1.52. The molecule has 0 radical (unpaired) electrons. The number of hydrogen-bond donors (Lipinski definition) is 1. The second kappa shape index (κ2) is 7.64. The second-order valence-corrected chi connectivity index (χ2v) is 13.6. The molecule has 0 amide bonds. The number of halogens is 1. The van der Waals surface area contributed by atoms with Crippen LogP contribution in [0.15, 0.2) is 34.0 Å². The normalized spacial score (nSPS) is 42.9. The van der Waals surface area contributed by atoms with Crippen molar-refractivity contribution in [2.24, 2.45) is 41.5 Å². The molecule has 1 aromatic rings. The van der Waals surface area contributed by atoms with Crippen molar-refractivity contribution in [2.75, 3.05) is 6.61 Å². The maximum atomic E-state index is 14.7. The maximum absolute atomic E-state index is 14.7. The minimum absolute atomic E-state index is 0.0132. The van der Waals surface area contributed by atoms with Crippen molar-refractivity contribution in [1.29, 1.82) is 0 Å². The van der Waals surface area contributed by atoms with Gasteiger partial charge in [0.15, 0.2) is 29.0 Å². The van der Waals surface area contributed by atoms with Crippen LogP contribution in [0.1, 0.15) is 58.5 Å². The summed E-state index contributed by atoms with van der Waals surface area (Å²) in [7, 11) is 1.71. The molecule has 8 atom stereocenters. The van der Waals surface area contributed by atoms with E-state index in [-0.39, 0.29) is 41.3 Å². The Hall–Kier alpha value is -1.81. The molecular weight excluding hydrogens is 540 g/mol. The molecule has 1 N–H and O–H groups in total. The van der Waals surface area contributed by atoms with Gasteiger partial charge in [-0.2, -0.15) is 5.10 Å². The Morgan fingerprint density at radius 2 is 2.00 bits per heavy atom. The zero-order valence-electron chi connectivity index (χ0n) is 22.4. The molecule has 2 heterocycles. The molecule has 3 fully saturated rings. The first-order valence-electron chi connectivity index (χ1n) is 13.0. The van der Waals surface area contributed by atoms with Gasteiger partial charge >= 0.3 is 5.97 Å². The average Bonchev–Trinajstić information content (AvgIpc) is 3.08. The zero-order chi connectivity index (χ0) is 26.9. The number of carbonyl (C=O) groups is 2. The number of allylic oxidation sites excluding steroid dienone is 1. The second-order valence-electron chi connectivity index (χ2n) is 12.8. The van der Waals surface area contributed by atoms with Gasteiger partial charge in [-0.15, -0.1) is 0 Å². The lowest BCUT2D eigenvalue weighted by atomic mass is 9.59. The van der Waals surface area contributed by atoms with Crippen LogP contribution in [0.3, 0.4) is 0 Å². The fourth-order valence-corrected chi connectivity index (χ4v) is 8.60. The molecule has 1 spiro atoms. The molecular formula is C28H35BrN2O6. The van der Waals surface area contributed by atoms with Gasteiger partial charge < -0.3 is 19.3 Å². The number of rotatable bonds is 2. The highest BCUT2D eigenvalue weighted by Crippen LogP contribution is 2.72. The van der Waals surface area contributed by atoms with E-state index in [1.807, 2.05) is 19.1 Å². The van der Waals surface area contributed by atoms with Crippen molar-refractivity contribution in [1.82, 2.24) is 9.78 Å². The largest absolute Gasteiger partial charge is 0.450 e. The SMILES string of the molecule is CC1=CC23C(=O)[C@@H](C=C4COC(C)(C)O[C@H]4[C@]2(O)[C@H]1OC(=O)c1nn(C)cc1Br)[C@@H]1[C@@H](CC3C)C1(C)C. The van der Waals surface area contributed by atoms with Crippen LogP contribution in [0, 0.1) is 34.5 Å². The standard InChI is InChI=1S/C28H35BrN2O6/c1-13-10-27-14(2)8-17-19(25(17,3)4)16(21(27)32)9-15-12-35-26(5,6)37-23(15)28(27,34)22(13)36-24(33)20-18(29)11-31(7)30-20/h9-11,14,16-17,19,22-23,34H,8,12H2,1-7H3/t14?,16-,17+,19+,22-,23+,27?,28+/m0/s1. The number of aryl methyl sites for hydroxylation is 1. The van der Waals surface area contributed by atoms with E-state index in [1.165, 1.54) is 4.68 Å². The maximum Gasteiger partial charge on any atom is 0.360 e. The van der Waals surface area contributed by atoms with Gasteiger partial charge in [0, 0.05) is 19.2 Å².